The number of hydrogen-bond donors (Lipinski definition) is 2. The minimum absolute atomic E-state index is 0.171. The van der Waals surface area contributed by atoms with Crippen molar-refractivity contribution in [2.75, 3.05) is 11.9 Å². The van der Waals surface area contributed by atoms with Gasteiger partial charge in [-0.3, -0.25) is 4.79 Å². The molecule has 2 rings (SSSR count). The molecule has 0 amide bonds. The first-order valence-corrected chi connectivity index (χ1v) is 6.14. The molecule has 0 saturated carbocycles. The smallest absolute Gasteiger partial charge is 0.303 e. The molecule has 0 aromatic carbocycles. The van der Waals surface area contributed by atoms with Gasteiger partial charge in [-0.15, -0.1) is 0 Å². The van der Waals surface area contributed by atoms with Crippen LogP contribution in [-0.4, -0.2) is 27.2 Å². The molecule has 1 aliphatic heterocycles. The number of fused-ring (bicyclic) bond motifs is 1. The van der Waals surface area contributed by atoms with Crippen LogP contribution >= 0.6 is 0 Å². The Kier molecular flexibility index (Phi) is 3.36. The Hall–Kier alpha value is -1.52. The summed E-state index contributed by atoms with van der Waals surface area (Å²) in [5, 5.41) is 12.1. The van der Waals surface area contributed by atoms with E-state index in [4.69, 9.17) is 5.11 Å². The van der Waals surface area contributed by atoms with Gasteiger partial charge in [0.05, 0.1) is 12.1 Å². The predicted octanol–water partition coefficient (Wildman–Crippen LogP) is 1.84. The van der Waals surface area contributed by atoms with Crippen molar-refractivity contribution in [2.24, 2.45) is 0 Å². The summed E-state index contributed by atoms with van der Waals surface area (Å²) < 4.78 is 2.14. The summed E-state index contributed by atoms with van der Waals surface area (Å²) in [5.41, 5.74) is 2.13. The van der Waals surface area contributed by atoms with E-state index in [2.05, 4.69) is 28.7 Å². The van der Waals surface area contributed by atoms with Gasteiger partial charge in [0, 0.05) is 25.2 Å². The number of nitrogens with one attached hydrogen (secondary N) is 1. The van der Waals surface area contributed by atoms with E-state index in [0.29, 0.717) is 12.3 Å². The Morgan fingerprint density at radius 2 is 2.35 bits per heavy atom. The topological polar surface area (TPSA) is 67.2 Å². The first-order chi connectivity index (χ1) is 8.09. The van der Waals surface area contributed by atoms with Crippen LogP contribution in [0.4, 0.5) is 5.95 Å². The lowest BCUT2D eigenvalue weighted by molar-refractivity contribution is -0.136. The van der Waals surface area contributed by atoms with Crippen LogP contribution in [0, 0.1) is 0 Å². The van der Waals surface area contributed by atoms with Crippen LogP contribution in [0.15, 0.2) is 0 Å². The first-order valence-electron chi connectivity index (χ1n) is 6.14. The highest BCUT2D eigenvalue weighted by Gasteiger charge is 2.21. The van der Waals surface area contributed by atoms with E-state index in [-0.39, 0.29) is 6.42 Å². The Balaban J connectivity index is 2.31. The number of aromatic nitrogens is 2. The Labute approximate surface area is 101 Å². The van der Waals surface area contributed by atoms with E-state index >= 15 is 0 Å². The number of hydrogen-bond acceptors (Lipinski definition) is 3. The van der Waals surface area contributed by atoms with E-state index < -0.39 is 5.97 Å². The number of imidazole rings is 1. The number of carboxylic acid groups (broad SMARTS) is 1. The molecule has 1 aromatic heterocycles. The fraction of sp³-hybridized carbons (Fsp3) is 0.667. The van der Waals surface area contributed by atoms with Gasteiger partial charge in [-0.1, -0.05) is 13.8 Å². The Morgan fingerprint density at radius 3 is 3.00 bits per heavy atom. The highest BCUT2D eigenvalue weighted by molar-refractivity contribution is 5.67. The molecule has 0 fully saturated rings. The van der Waals surface area contributed by atoms with Gasteiger partial charge in [0.15, 0.2) is 0 Å². The third-order valence-electron chi connectivity index (χ3n) is 3.07. The van der Waals surface area contributed by atoms with E-state index in [1.807, 2.05) is 0 Å². The van der Waals surface area contributed by atoms with Gasteiger partial charge in [0.25, 0.3) is 0 Å². The maximum Gasteiger partial charge on any atom is 0.303 e. The highest BCUT2D eigenvalue weighted by Crippen LogP contribution is 2.26. The van der Waals surface area contributed by atoms with Gasteiger partial charge in [-0.05, 0) is 12.3 Å². The summed E-state index contributed by atoms with van der Waals surface area (Å²) in [6.45, 7) is 6.08. The standard InChI is InChI=1S/C12H19N3O2/c1-8(2)11-9(4-5-10(16)17)15-7-3-6-13-12(15)14-11/h8H,3-7H2,1-2H3,(H,13,14)(H,16,17). The van der Waals surface area contributed by atoms with Crippen LogP contribution in [-0.2, 0) is 17.8 Å². The van der Waals surface area contributed by atoms with Crippen molar-refractivity contribution in [3.05, 3.63) is 11.4 Å². The van der Waals surface area contributed by atoms with Crippen molar-refractivity contribution >= 4 is 11.9 Å². The second-order valence-electron chi connectivity index (χ2n) is 4.75. The number of anilines is 1. The maximum absolute atomic E-state index is 10.7. The molecule has 0 unspecified atom stereocenters. The number of nitrogens with zero attached hydrogens (tertiary/aromatic N) is 2. The van der Waals surface area contributed by atoms with E-state index in [9.17, 15) is 4.79 Å². The van der Waals surface area contributed by atoms with Crippen molar-refractivity contribution < 1.29 is 9.90 Å². The van der Waals surface area contributed by atoms with Gasteiger partial charge in [-0.2, -0.15) is 0 Å². The molecule has 1 aromatic rings. The second kappa shape index (κ2) is 4.77. The molecule has 5 heteroatoms. The van der Waals surface area contributed by atoms with E-state index in [1.54, 1.807) is 0 Å². The minimum atomic E-state index is -0.751. The van der Waals surface area contributed by atoms with Crippen molar-refractivity contribution in [3.63, 3.8) is 0 Å². The number of carboxylic acids is 1. The second-order valence-corrected chi connectivity index (χ2v) is 4.75. The minimum Gasteiger partial charge on any atom is -0.481 e. The van der Waals surface area contributed by atoms with Crippen molar-refractivity contribution in [1.82, 2.24) is 9.55 Å². The molecule has 0 saturated heterocycles. The van der Waals surface area contributed by atoms with Crippen LogP contribution in [0.3, 0.4) is 0 Å². The summed E-state index contributed by atoms with van der Waals surface area (Å²) in [4.78, 5) is 15.3. The summed E-state index contributed by atoms with van der Waals surface area (Å²) in [5.74, 6) is 0.484. The molecule has 1 aliphatic rings. The molecule has 0 radical (unpaired) electrons. The fourth-order valence-corrected chi connectivity index (χ4v) is 2.27. The fourth-order valence-electron chi connectivity index (χ4n) is 2.27. The predicted molar refractivity (Wildman–Crippen MR) is 65.4 cm³/mol. The Bertz CT molecular complexity index is 424. The molecular weight excluding hydrogens is 218 g/mol. The van der Waals surface area contributed by atoms with E-state index in [0.717, 1.165) is 36.8 Å². The van der Waals surface area contributed by atoms with Gasteiger partial charge in [0.1, 0.15) is 0 Å². The molecule has 17 heavy (non-hydrogen) atoms. The zero-order valence-corrected chi connectivity index (χ0v) is 10.4. The zero-order chi connectivity index (χ0) is 12.4. The lowest BCUT2D eigenvalue weighted by atomic mass is 10.1. The molecule has 2 N–H and O–H groups in total. The third kappa shape index (κ3) is 2.43. The zero-order valence-electron chi connectivity index (χ0n) is 10.4. The van der Waals surface area contributed by atoms with Crippen LogP contribution < -0.4 is 5.32 Å². The third-order valence-corrected chi connectivity index (χ3v) is 3.07. The van der Waals surface area contributed by atoms with Crippen LogP contribution in [0.25, 0.3) is 0 Å². The largest absolute Gasteiger partial charge is 0.481 e. The average molecular weight is 237 g/mol. The van der Waals surface area contributed by atoms with Crippen molar-refractivity contribution in [2.45, 2.75) is 45.6 Å². The lowest BCUT2D eigenvalue weighted by Crippen LogP contribution is -2.19. The normalized spacial score (nSPS) is 14.5. The molecule has 0 bridgehead atoms. The van der Waals surface area contributed by atoms with Gasteiger partial charge in [0.2, 0.25) is 5.95 Å². The monoisotopic (exact) mass is 237 g/mol. The molecule has 0 spiro atoms. The summed E-state index contributed by atoms with van der Waals surface area (Å²) >= 11 is 0. The van der Waals surface area contributed by atoms with Gasteiger partial charge < -0.3 is 15.0 Å². The van der Waals surface area contributed by atoms with Crippen molar-refractivity contribution in [3.8, 4) is 0 Å². The number of rotatable bonds is 4. The van der Waals surface area contributed by atoms with Crippen LogP contribution in [0.2, 0.25) is 0 Å². The number of carbonyl (C=O) groups is 1. The van der Waals surface area contributed by atoms with Gasteiger partial charge >= 0.3 is 5.97 Å². The molecule has 5 nitrogen and oxygen atoms in total. The van der Waals surface area contributed by atoms with Crippen LogP contribution in [0.1, 0.15) is 44.0 Å². The van der Waals surface area contributed by atoms with Crippen LogP contribution in [0.5, 0.6) is 0 Å². The summed E-state index contributed by atoms with van der Waals surface area (Å²) in [6.07, 6.45) is 1.81. The summed E-state index contributed by atoms with van der Waals surface area (Å²) in [7, 11) is 0. The molecule has 0 aliphatic carbocycles. The molecule has 2 heterocycles. The summed E-state index contributed by atoms with van der Waals surface area (Å²) in [6, 6.07) is 0. The Morgan fingerprint density at radius 1 is 1.59 bits per heavy atom. The molecule has 0 atom stereocenters. The van der Waals surface area contributed by atoms with Gasteiger partial charge in [-0.25, -0.2) is 4.98 Å². The van der Waals surface area contributed by atoms with E-state index in [1.165, 1.54) is 0 Å². The highest BCUT2D eigenvalue weighted by atomic mass is 16.4. The SMILES string of the molecule is CC(C)c1nc2n(c1CCC(=O)O)CCCN2. The molecule has 94 valence electrons. The number of aliphatic carboxylic acids is 1. The first kappa shape index (κ1) is 12.0. The quantitative estimate of drug-likeness (QED) is 0.838. The maximum atomic E-state index is 10.7. The van der Waals surface area contributed by atoms with Crippen molar-refractivity contribution in [1.29, 1.82) is 0 Å². The molecular formula is C12H19N3O2. The average Bonchev–Trinajstić information content (AvgIpc) is 2.65. The lowest BCUT2D eigenvalue weighted by Gasteiger charge is -2.17.